The Labute approximate surface area is 158 Å². The summed E-state index contributed by atoms with van der Waals surface area (Å²) in [7, 11) is 2.06. The van der Waals surface area contributed by atoms with Crippen molar-refractivity contribution in [1.82, 2.24) is 4.90 Å². The lowest BCUT2D eigenvalue weighted by molar-refractivity contribution is 0.0696. The van der Waals surface area contributed by atoms with Gasteiger partial charge in [0, 0.05) is 26.2 Å². The summed E-state index contributed by atoms with van der Waals surface area (Å²) >= 11 is 0. The zero-order valence-corrected chi connectivity index (χ0v) is 15.2. The normalized spacial score (nSPS) is 14.6. The van der Waals surface area contributed by atoms with Crippen molar-refractivity contribution in [1.29, 1.82) is 0 Å². The summed E-state index contributed by atoms with van der Waals surface area (Å²) < 4.78 is 5.27. The van der Waals surface area contributed by atoms with Crippen LogP contribution in [-0.4, -0.2) is 55.3 Å². The van der Waals surface area contributed by atoms with Gasteiger partial charge in [0.15, 0.2) is 0 Å². The number of carbonyl (C=O) groups excluding carboxylic acids is 1. The Hall–Kier alpha value is -3.06. The third-order valence-electron chi connectivity index (χ3n) is 4.54. The molecule has 27 heavy (non-hydrogen) atoms. The fourth-order valence-corrected chi connectivity index (χ4v) is 2.96. The van der Waals surface area contributed by atoms with E-state index in [9.17, 15) is 14.7 Å². The summed E-state index contributed by atoms with van der Waals surface area (Å²) in [6.45, 7) is 3.56. The molecule has 1 heterocycles. The molecule has 1 aliphatic heterocycles. The lowest BCUT2D eigenvalue weighted by Gasteiger charge is -2.35. The van der Waals surface area contributed by atoms with E-state index in [1.165, 1.54) is 6.07 Å². The molecule has 2 aromatic carbocycles. The van der Waals surface area contributed by atoms with Crippen molar-refractivity contribution < 1.29 is 19.4 Å². The minimum absolute atomic E-state index is 0.117. The van der Waals surface area contributed by atoms with E-state index in [0.717, 1.165) is 37.4 Å². The zero-order chi connectivity index (χ0) is 19.2. The number of anilines is 2. The molecule has 1 saturated heterocycles. The van der Waals surface area contributed by atoms with Crippen LogP contribution < -0.4 is 10.2 Å². The van der Waals surface area contributed by atoms with Gasteiger partial charge in [0.1, 0.15) is 6.61 Å². The van der Waals surface area contributed by atoms with Crippen molar-refractivity contribution in [3.05, 3.63) is 59.7 Å². The van der Waals surface area contributed by atoms with Crippen molar-refractivity contribution >= 4 is 23.4 Å². The molecule has 0 atom stereocenters. The summed E-state index contributed by atoms with van der Waals surface area (Å²) in [5, 5.41) is 12.0. The van der Waals surface area contributed by atoms with Gasteiger partial charge in [-0.2, -0.15) is 0 Å². The number of nitrogens with zero attached hydrogens (tertiary/aromatic N) is 2. The second-order valence-electron chi connectivity index (χ2n) is 6.51. The van der Waals surface area contributed by atoms with E-state index in [-0.39, 0.29) is 12.2 Å². The van der Waals surface area contributed by atoms with Gasteiger partial charge in [-0.15, -0.1) is 0 Å². The predicted molar refractivity (Wildman–Crippen MR) is 103 cm³/mol. The van der Waals surface area contributed by atoms with E-state index in [4.69, 9.17) is 4.74 Å². The largest absolute Gasteiger partial charge is 0.478 e. The second-order valence-corrected chi connectivity index (χ2v) is 6.51. The number of carbonyl (C=O) groups is 2. The number of aromatic carboxylic acids is 1. The van der Waals surface area contributed by atoms with E-state index in [2.05, 4.69) is 22.2 Å². The molecule has 7 nitrogen and oxygen atoms in total. The number of benzene rings is 2. The highest BCUT2D eigenvalue weighted by molar-refractivity contribution is 5.95. The van der Waals surface area contributed by atoms with Gasteiger partial charge < -0.3 is 19.6 Å². The Morgan fingerprint density at radius 3 is 2.44 bits per heavy atom. The molecule has 2 N–H and O–H groups in total. The smallest absolute Gasteiger partial charge is 0.412 e. The van der Waals surface area contributed by atoms with Crippen molar-refractivity contribution in [2.75, 3.05) is 43.4 Å². The monoisotopic (exact) mass is 369 g/mol. The molecule has 0 radical (unpaired) electrons. The fourth-order valence-electron chi connectivity index (χ4n) is 2.96. The highest BCUT2D eigenvalue weighted by Gasteiger charge is 2.20. The molecule has 0 bridgehead atoms. The predicted octanol–water partition coefficient (Wildman–Crippen LogP) is 2.89. The van der Waals surface area contributed by atoms with Crippen LogP contribution in [0.3, 0.4) is 0 Å². The average Bonchev–Trinajstić information content (AvgIpc) is 2.68. The Morgan fingerprint density at radius 1 is 1.07 bits per heavy atom. The zero-order valence-electron chi connectivity index (χ0n) is 15.2. The standard InChI is InChI=1S/C20H23N3O4/c1-22-9-11-23(12-10-22)18-8-7-16(19(24)25)13-17(18)21-20(26)27-14-15-5-3-2-4-6-15/h2-8,13H,9-12,14H2,1H3,(H,21,26)(H,24,25). The lowest BCUT2D eigenvalue weighted by Crippen LogP contribution is -2.44. The molecule has 3 rings (SSSR count). The van der Waals surface area contributed by atoms with Crippen molar-refractivity contribution in [2.45, 2.75) is 6.61 Å². The van der Waals surface area contributed by atoms with Crippen LogP contribution in [0.2, 0.25) is 0 Å². The molecule has 0 aliphatic carbocycles. The SMILES string of the molecule is CN1CCN(c2ccc(C(=O)O)cc2NC(=O)OCc2ccccc2)CC1. The molecule has 0 aromatic heterocycles. The van der Waals surface area contributed by atoms with Crippen LogP contribution in [-0.2, 0) is 11.3 Å². The van der Waals surface area contributed by atoms with Gasteiger partial charge in [-0.05, 0) is 30.8 Å². The van der Waals surface area contributed by atoms with E-state index < -0.39 is 12.1 Å². The highest BCUT2D eigenvalue weighted by atomic mass is 16.5. The molecule has 2 aromatic rings. The maximum atomic E-state index is 12.2. The number of ether oxygens (including phenoxy) is 1. The quantitative estimate of drug-likeness (QED) is 0.843. The van der Waals surface area contributed by atoms with Gasteiger partial charge in [0.25, 0.3) is 0 Å². The third-order valence-corrected chi connectivity index (χ3v) is 4.54. The van der Waals surface area contributed by atoms with Crippen LogP contribution >= 0.6 is 0 Å². The third kappa shape index (κ3) is 4.98. The van der Waals surface area contributed by atoms with Gasteiger partial charge in [0.2, 0.25) is 0 Å². The van der Waals surface area contributed by atoms with Gasteiger partial charge >= 0.3 is 12.1 Å². The second kappa shape index (κ2) is 8.55. The van der Waals surface area contributed by atoms with E-state index in [0.29, 0.717) is 5.69 Å². The number of carboxylic acid groups (broad SMARTS) is 1. The molecule has 1 amide bonds. The number of likely N-dealkylation sites (N-methyl/N-ethyl adjacent to an activating group) is 1. The van der Waals surface area contributed by atoms with Gasteiger partial charge in [0.05, 0.1) is 16.9 Å². The van der Waals surface area contributed by atoms with Crippen LogP contribution in [0.25, 0.3) is 0 Å². The van der Waals surface area contributed by atoms with Crippen LogP contribution in [0.15, 0.2) is 48.5 Å². The van der Waals surface area contributed by atoms with Gasteiger partial charge in [-0.3, -0.25) is 5.32 Å². The number of nitrogens with one attached hydrogen (secondary N) is 1. The number of carboxylic acids is 1. The van der Waals surface area contributed by atoms with E-state index >= 15 is 0 Å². The molecular formula is C20H23N3O4. The van der Waals surface area contributed by atoms with Crippen molar-refractivity contribution in [3.8, 4) is 0 Å². The van der Waals surface area contributed by atoms with Gasteiger partial charge in [-0.25, -0.2) is 9.59 Å². The topological polar surface area (TPSA) is 82.1 Å². The minimum Gasteiger partial charge on any atom is -0.478 e. The molecular weight excluding hydrogens is 346 g/mol. The van der Waals surface area contributed by atoms with Crippen molar-refractivity contribution in [2.24, 2.45) is 0 Å². The number of amides is 1. The maximum Gasteiger partial charge on any atom is 0.412 e. The van der Waals surface area contributed by atoms with Crippen LogP contribution in [0.5, 0.6) is 0 Å². The van der Waals surface area contributed by atoms with Crippen LogP contribution in [0, 0.1) is 0 Å². The van der Waals surface area contributed by atoms with Crippen LogP contribution in [0.4, 0.5) is 16.2 Å². The highest BCUT2D eigenvalue weighted by Crippen LogP contribution is 2.28. The number of rotatable bonds is 5. The number of hydrogen-bond acceptors (Lipinski definition) is 5. The first-order valence-electron chi connectivity index (χ1n) is 8.81. The Kier molecular flexibility index (Phi) is 5.93. The summed E-state index contributed by atoms with van der Waals surface area (Å²) in [5.74, 6) is -1.04. The molecule has 1 aliphatic rings. The molecule has 142 valence electrons. The summed E-state index contributed by atoms with van der Waals surface area (Å²) in [4.78, 5) is 27.9. The summed E-state index contributed by atoms with van der Waals surface area (Å²) in [6.07, 6.45) is -0.614. The summed E-state index contributed by atoms with van der Waals surface area (Å²) in [6, 6.07) is 14.1. The Morgan fingerprint density at radius 2 is 1.78 bits per heavy atom. The first-order valence-corrected chi connectivity index (χ1v) is 8.81. The Bertz CT molecular complexity index is 802. The Balaban J connectivity index is 1.74. The molecule has 0 spiro atoms. The minimum atomic E-state index is -1.04. The first kappa shape index (κ1) is 18.7. The molecule has 1 fully saturated rings. The van der Waals surface area contributed by atoms with Gasteiger partial charge in [-0.1, -0.05) is 30.3 Å². The van der Waals surface area contributed by atoms with E-state index in [1.807, 2.05) is 30.3 Å². The molecule has 0 saturated carbocycles. The van der Waals surface area contributed by atoms with E-state index in [1.54, 1.807) is 12.1 Å². The lowest BCUT2D eigenvalue weighted by atomic mass is 10.1. The maximum absolute atomic E-state index is 12.2. The van der Waals surface area contributed by atoms with Crippen LogP contribution in [0.1, 0.15) is 15.9 Å². The summed E-state index contributed by atoms with van der Waals surface area (Å²) in [5.41, 5.74) is 2.24. The number of piperazine rings is 1. The first-order chi connectivity index (χ1) is 13.0. The van der Waals surface area contributed by atoms with Crippen molar-refractivity contribution in [3.63, 3.8) is 0 Å². The number of hydrogen-bond donors (Lipinski definition) is 2. The molecule has 7 heteroatoms. The average molecular weight is 369 g/mol. The molecule has 0 unspecified atom stereocenters. The fraction of sp³-hybridized carbons (Fsp3) is 0.300.